The smallest absolute Gasteiger partial charge is 0.341 e. The summed E-state index contributed by atoms with van der Waals surface area (Å²) in [4.78, 5) is 22.4. The van der Waals surface area contributed by atoms with Gasteiger partial charge >= 0.3 is 5.97 Å². The highest BCUT2D eigenvalue weighted by Gasteiger charge is 2.14. The van der Waals surface area contributed by atoms with Crippen molar-refractivity contribution < 1.29 is 24.0 Å². The normalized spacial score (nSPS) is 10.5. The number of amides is 1. The summed E-state index contributed by atoms with van der Waals surface area (Å²) in [5.41, 5.74) is 0.747. The number of rotatable bonds is 6. The fourth-order valence-corrected chi connectivity index (χ4v) is 1.64. The van der Waals surface area contributed by atoms with Crippen LogP contribution in [-0.2, 0) is 4.79 Å². The summed E-state index contributed by atoms with van der Waals surface area (Å²) in [7, 11) is 0. The second-order valence-electron chi connectivity index (χ2n) is 4.93. The lowest BCUT2D eigenvalue weighted by Gasteiger charge is -2.05. The fraction of sp³-hybridized carbons (Fsp3) is 0.267. The Bertz CT molecular complexity index is 661. The molecule has 0 saturated carbocycles. The predicted molar refractivity (Wildman–Crippen MR) is 78.1 cm³/mol. The molecule has 0 aliphatic carbocycles. The summed E-state index contributed by atoms with van der Waals surface area (Å²) < 4.78 is 10.1. The van der Waals surface area contributed by atoms with Crippen molar-refractivity contribution in [3.8, 4) is 5.75 Å². The minimum atomic E-state index is -1.05. The molecule has 0 atom stereocenters. The van der Waals surface area contributed by atoms with Crippen LogP contribution in [0.3, 0.4) is 0 Å². The second-order valence-corrected chi connectivity index (χ2v) is 4.93. The zero-order valence-electron chi connectivity index (χ0n) is 12.2. The van der Waals surface area contributed by atoms with E-state index in [-0.39, 0.29) is 17.5 Å². The molecule has 2 aromatic rings. The number of ether oxygens (including phenoxy) is 1. The highest BCUT2D eigenvalue weighted by molar-refractivity contribution is 6.02. The number of hydrogen-bond acceptors (Lipinski definition) is 5. The van der Waals surface area contributed by atoms with Crippen molar-refractivity contribution in [2.75, 3.05) is 11.9 Å². The number of anilines is 1. The molecule has 1 amide bonds. The lowest BCUT2D eigenvalue weighted by atomic mass is 10.1. The summed E-state index contributed by atoms with van der Waals surface area (Å²) in [6.45, 7) is 3.47. The summed E-state index contributed by atoms with van der Waals surface area (Å²) in [5.74, 6) is -0.231. The third kappa shape index (κ3) is 4.08. The van der Waals surface area contributed by atoms with Crippen LogP contribution in [0, 0.1) is 0 Å². The number of aliphatic carboxylic acids is 1. The molecule has 1 aromatic heterocycles. The molecular formula is C15H16N2O5. The molecule has 0 radical (unpaired) electrons. The molecule has 0 aliphatic rings. The van der Waals surface area contributed by atoms with Crippen LogP contribution in [0.4, 0.5) is 5.69 Å². The third-order valence-corrected chi connectivity index (χ3v) is 2.80. The Morgan fingerprint density at radius 2 is 2.00 bits per heavy atom. The van der Waals surface area contributed by atoms with Gasteiger partial charge in [0.15, 0.2) is 12.3 Å². The molecule has 22 heavy (non-hydrogen) atoms. The summed E-state index contributed by atoms with van der Waals surface area (Å²) in [5, 5.41) is 14.9. The largest absolute Gasteiger partial charge is 0.482 e. The molecule has 2 N–H and O–H groups in total. The first kappa shape index (κ1) is 15.6. The highest BCUT2D eigenvalue weighted by Crippen LogP contribution is 2.18. The highest BCUT2D eigenvalue weighted by atomic mass is 16.5. The van der Waals surface area contributed by atoms with Gasteiger partial charge in [0.25, 0.3) is 5.91 Å². The van der Waals surface area contributed by atoms with Crippen LogP contribution < -0.4 is 10.1 Å². The molecule has 2 rings (SSSR count). The van der Waals surface area contributed by atoms with E-state index in [4.69, 9.17) is 14.4 Å². The molecular weight excluding hydrogens is 288 g/mol. The number of carboxylic acids is 1. The Kier molecular flexibility index (Phi) is 4.77. The Morgan fingerprint density at radius 1 is 1.32 bits per heavy atom. The first-order valence-corrected chi connectivity index (χ1v) is 6.68. The molecule has 116 valence electrons. The van der Waals surface area contributed by atoms with Crippen LogP contribution in [0.5, 0.6) is 5.75 Å². The van der Waals surface area contributed by atoms with Gasteiger partial charge in [-0.25, -0.2) is 4.79 Å². The minimum Gasteiger partial charge on any atom is -0.482 e. The molecule has 1 heterocycles. The summed E-state index contributed by atoms with van der Waals surface area (Å²) in [6, 6.07) is 7.96. The van der Waals surface area contributed by atoms with E-state index < -0.39 is 12.6 Å². The van der Waals surface area contributed by atoms with Gasteiger partial charge in [0.1, 0.15) is 11.5 Å². The second kappa shape index (κ2) is 6.75. The van der Waals surface area contributed by atoms with Crippen LogP contribution in [0.25, 0.3) is 0 Å². The van der Waals surface area contributed by atoms with Gasteiger partial charge in [0, 0.05) is 17.7 Å². The lowest BCUT2D eigenvalue weighted by molar-refractivity contribution is -0.139. The van der Waals surface area contributed by atoms with Crippen LogP contribution in [0.2, 0.25) is 0 Å². The first-order chi connectivity index (χ1) is 10.5. The SMILES string of the molecule is CC(C)c1cc(C(=O)Nc2ccc(OCC(=O)O)cc2)no1. The van der Waals surface area contributed by atoms with Gasteiger partial charge in [0.05, 0.1) is 0 Å². The van der Waals surface area contributed by atoms with E-state index >= 15 is 0 Å². The fourth-order valence-electron chi connectivity index (χ4n) is 1.64. The number of nitrogens with one attached hydrogen (secondary N) is 1. The number of benzene rings is 1. The van der Waals surface area contributed by atoms with E-state index in [1.165, 1.54) is 0 Å². The van der Waals surface area contributed by atoms with Gasteiger partial charge in [-0.1, -0.05) is 19.0 Å². The monoisotopic (exact) mass is 304 g/mol. The molecule has 1 aromatic carbocycles. The molecule has 0 fully saturated rings. The maximum Gasteiger partial charge on any atom is 0.341 e. The van der Waals surface area contributed by atoms with Gasteiger partial charge in [-0.15, -0.1) is 0 Å². The average Bonchev–Trinajstić information content (AvgIpc) is 2.96. The van der Waals surface area contributed by atoms with Gasteiger partial charge in [0.2, 0.25) is 0 Å². The Labute approximate surface area is 126 Å². The quantitative estimate of drug-likeness (QED) is 0.850. The summed E-state index contributed by atoms with van der Waals surface area (Å²) in [6.07, 6.45) is 0. The number of carbonyl (C=O) groups is 2. The van der Waals surface area contributed by atoms with Crippen LogP contribution >= 0.6 is 0 Å². The Morgan fingerprint density at radius 3 is 2.55 bits per heavy atom. The van der Waals surface area contributed by atoms with Crippen molar-refractivity contribution in [2.45, 2.75) is 19.8 Å². The van der Waals surface area contributed by atoms with Crippen LogP contribution in [-0.4, -0.2) is 28.7 Å². The number of carboxylic acid groups (broad SMARTS) is 1. The van der Waals surface area contributed by atoms with E-state index in [0.29, 0.717) is 17.2 Å². The Hall–Kier alpha value is -2.83. The van der Waals surface area contributed by atoms with Crippen molar-refractivity contribution >= 4 is 17.6 Å². The van der Waals surface area contributed by atoms with Gasteiger partial charge in [-0.05, 0) is 24.3 Å². The topological polar surface area (TPSA) is 102 Å². The van der Waals surface area contributed by atoms with Crippen molar-refractivity contribution in [3.05, 3.63) is 41.8 Å². The number of aromatic nitrogens is 1. The van der Waals surface area contributed by atoms with Crippen molar-refractivity contribution in [1.29, 1.82) is 0 Å². The molecule has 0 saturated heterocycles. The number of hydrogen-bond donors (Lipinski definition) is 2. The molecule has 7 nitrogen and oxygen atoms in total. The first-order valence-electron chi connectivity index (χ1n) is 6.68. The zero-order chi connectivity index (χ0) is 16.1. The third-order valence-electron chi connectivity index (χ3n) is 2.80. The Balaban J connectivity index is 1.97. The van der Waals surface area contributed by atoms with E-state index in [2.05, 4.69) is 10.5 Å². The standard InChI is InChI=1S/C15H16N2O5/c1-9(2)13-7-12(17-22-13)15(20)16-10-3-5-11(6-4-10)21-8-14(18)19/h3-7,9H,8H2,1-2H3,(H,16,20)(H,18,19). The predicted octanol–water partition coefficient (Wildman–Crippen LogP) is 2.51. The van der Waals surface area contributed by atoms with E-state index in [9.17, 15) is 9.59 Å². The van der Waals surface area contributed by atoms with Crippen LogP contribution in [0.15, 0.2) is 34.9 Å². The molecule has 0 bridgehead atoms. The minimum absolute atomic E-state index is 0.153. The van der Waals surface area contributed by atoms with Gasteiger partial charge in [-0.3, -0.25) is 4.79 Å². The maximum atomic E-state index is 12.0. The zero-order valence-corrected chi connectivity index (χ0v) is 12.2. The average molecular weight is 304 g/mol. The molecule has 7 heteroatoms. The van der Waals surface area contributed by atoms with Crippen LogP contribution in [0.1, 0.15) is 36.0 Å². The molecule has 0 spiro atoms. The number of nitrogens with zero attached hydrogens (tertiary/aromatic N) is 1. The van der Waals surface area contributed by atoms with E-state index in [1.807, 2.05) is 13.8 Å². The summed E-state index contributed by atoms with van der Waals surface area (Å²) >= 11 is 0. The van der Waals surface area contributed by atoms with E-state index in [1.54, 1.807) is 30.3 Å². The van der Waals surface area contributed by atoms with Crippen molar-refractivity contribution in [2.24, 2.45) is 0 Å². The van der Waals surface area contributed by atoms with E-state index in [0.717, 1.165) is 0 Å². The lowest BCUT2D eigenvalue weighted by Crippen LogP contribution is -2.12. The van der Waals surface area contributed by atoms with Gasteiger partial charge < -0.3 is 19.7 Å². The number of carbonyl (C=O) groups excluding carboxylic acids is 1. The van der Waals surface area contributed by atoms with Crippen molar-refractivity contribution in [3.63, 3.8) is 0 Å². The molecule has 0 unspecified atom stereocenters. The van der Waals surface area contributed by atoms with Crippen molar-refractivity contribution in [1.82, 2.24) is 5.16 Å². The molecule has 0 aliphatic heterocycles. The maximum absolute atomic E-state index is 12.0. The van der Waals surface area contributed by atoms with Gasteiger partial charge in [-0.2, -0.15) is 0 Å².